The van der Waals surface area contributed by atoms with Gasteiger partial charge in [-0.25, -0.2) is 0 Å². The van der Waals surface area contributed by atoms with Gasteiger partial charge in [0.15, 0.2) is 0 Å². The van der Waals surface area contributed by atoms with Gasteiger partial charge < -0.3 is 9.53 Å². The molecular weight excluding hydrogens is 801 g/mol. The molecule has 0 aliphatic carbocycles. The third-order valence-electron chi connectivity index (χ3n) is 9.28. The van der Waals surface area contributed by atoms with Crippen LogP contribution in [0.15, 0.2) is 119 Å². The van der Waals surface area contributed by atoms with Crippen LogP contribution in [0.4, 0.5) is 0 Å². The number of hydrogen-bond acceptors (Lipinski definition) is 4. The van der Waals surface area contributed by atoms with E-state index in [1.54, 1.807) is 6.92 Å². The van der Waals surface area contributed by atoms with Crippen LogP contribution in [0, 0.1) is 5.92 Å². The van der Waals surface area contributed by atoms with E-state index in [9.17, 15) is 14.4 Å². The second-order valence-electron chi connectivity index (χ2n) is 16.4. The summed E-state index contributed by atoms with van der Waals surface area (Å²) in [7, 11) is 1.32. The molecule has 0 spiro atoms. The second kappa shape index (κ2) is 43.4. The Kier molecular flexibility index (Phi) is 48.1. The van der Waals surface area contributed by atoms with Crippen molar-refractivity contribution in [3.8, 4) is 0 Å². The van der Waals surface area contributed by atoms with Crippen molar-refractivity contribution < 1.29 is 51.8 Å². The predicted molar refractivity (Wildman–Crippen MR) is 259 cm³/mol. The molecule has 0 rings (SSSR count). The first kappa shape index (κ1) is 65.4. The maximum atomic E-state index is 11.5. The Labute approximate surface area is 391 Å². The summed E-state index contributed by atoms with van der Waals surface area (Å²) in [5.41, 5.74) is 12.1. The maximum absolute atomic E-state index is 11.5. The zero-order valence-corrected chi connectivity index (χ0v) is 42.7. The van der Waals surface area contributed by atoms with Crippen molar-refractivity contribution in [3.63, 3.8) is 0 Å². The monoisotopic (exact) mass is 892 g/mol. The molecule has 0 aromatic rings. The van der Waals surface area contributed by atoms with Gasteiger partial charge in [-0.2, -0.15) is 0 Å². The number of allylic oxidation sites excluding steroid dienone is 17. The maximum Gasteiger partial charge on any atom is 0.316 e. The smallest absolute Gasteiger partial charge is 0.316 e. The molecule has 5 heteroatoms. The van der Waals surface area contributed by atoms with E-state index in [1.165, 1.54) is 65.0 Å². The molecule has 0 aromatic carbocycles. The first-order valence-corrected chi connectivity index (χ1v) is 21.3. The molecular formula is C54H90O4Y. The first-order chi connectivity index (χ1) is 26.7. The van der Waals surface area contributed by atoms with E-state index < -0.39 is 11.9 Å². The molecule has 0 saturated carbocycles. The Morgan fingerprint density at radius 3 is 1.20 bits per heavy atom. The predicted octanol–water partition coefficient (Wildman–Crippen LogP) is 16.8. The van der Waals surface area contributed by atoms with Crippen molar-refractivity contribution in [1.82, 2.24) is 0 Å². The molecule has 1 radical (unpaired) electrons. The average molecular weight is 892 g/mol. The van der Waals surface area contributed by atoms with Crippen molar-refractivity contribution in [2.45, 2.75) is 193 Å². The van der Waals surface area contributed by atoms with Crippen LogP contribution in [-0.2, 0) is 51.8 Å². The van der Waals surface area contributed by atoms with E-state index in [0.717, 1.165) is 89.0 Å². The van der Waals surface area contributed by atoms with Gasteiger partial charge in [-0.15, -0.1) is 0 Å². The van der Waals surface area contributed by atoms with Crippen LogP contribution in [0.2, 0.25) is 0 Å². The molecule has 0 aliphatic rings. The summed E-state index contributed by atoms with van der Waals surface area (Å²) in [5, 5.41) is 0. The minimum atomic E-state index is -0.670. The van der Waals surface area contributed by atoms with Crippen LogP contribution in [0.5, 0.6) is 0 Å². The van der Waals surface area contributed by atoms with Gasteiger partial charge in [-0.05, 0) is 179 Å². The van der Waals surface area contributed by atoms with E-state index in [4.69, 9.17) is 0 Å². The number of ether oxygens (including phenoxy) is 1. The summed E-state index contributed by atoms with van der Waals surface area (Å²) in [5.74, 6) is -0.980. The van der Waals surface area contributed by atoms with Gasteiger partial charge in [0.25, 0.3) is 0 Å². The number of hydrogen-bond donors (Lipinski definition) is 0. The van der Waals surface area contributed by atoms with E-state index in [-0.39, 0.29) is 51.7 Å². The first-order valence-electron chi connectivity index (χ1n) is 21.3. The largest absolute Gasteiger partial charge is 0.468 e. The van der Waals surface area contributed by atoms with Gasteiger partial charge >= 0.3 is 5.97 Å². The molecule has 0 bridgehead atoms. The molecule has 0 saturated heterocycles. The fraction of sp³-hybridized carbons (Fsp3) is 0.574. The summed E-state index contributed by atoms with van der Waals surface area (Å²) >= 11 is 0. The average Bonchev–Trinajstić information content (AvgIpc) is 3.11. The molecule has 59 heavy (non-hydrogen) atoms. The van der Waals surface area contributed by atoms with Gasteiger partial charge in [0, 0.05) is 39.1 Å². The quantitative estimate of drug-likeness (QED) is 0.0357. The van der Waals surface area contributed by atoms with Crippen molar-refractivity contribution >= 4 is 17.5 Å². The van der Waals surface area contributed by atoms with Gasteiger partial charge in [0.2, 0.25) is 0 Å². The number of esters is 1. The van der Waals surface area contributed by atoms with E-state index in [1.807, 2.05) is 19.1 Å². The van der Waals surface area contributed by atoms with Crippen LogP contribution in [0.25, 0.3) is 0 Å². The zero-order chi connectivity index (χ0) is 44.2. The molecule has 4 nitrogen and oxygen atoms in total. The Hall–Kier alpha value is -2.69. The molecule has 0 fully saturated rings. The van der Waals surface area contributed by atoms with Crippen LogP contribution >= 0.6 is 0 Å². The Morgan fingerprint density at radius 1 is 0.508 bits per heavy atom. The number of methoxy groups -OCH3 is 1. The molecule has 0 aromatic heterocycles. The zero-order valence-electron chi connectivity index (χ0n) is 39.8. The summed E-state index contributed by atoms with van der Waals surface area (Å²) < 4.78 is 4.67. The number of carbonyl (C=O) groups is 3. The molecule has 0 heterocycles. The number of Topliss-reactive ketones (excluding diaryl/α,β-unsaturated/α-hetero) is 2. The van der Waals surface area contributed by atoms with Gasteiger partial charge in [0.05, 0.1) is 7.11 Å². The molecule has 1 atom stereocenters. The molecule has 1 unspecified atom stereocenters. The topological polar surface area (TPSA) is 60.4 Å². The van der Waals surface area contributed by atoms with Gasteiger partial charge in [-0.3, -0.25) is 9.59 Å². The van der Waals surface area contributed by atoms with Crippen LogP contribution < -0.4 is 0 Å². The van der Waals surface area contributed by atoms with Crippen LogP contribution in [0.3, 0.4) is 0 Å². The summed E-state index contributed by atoms with van der Waals surface area (Å²) in [6.07, 6.45) is 33.7. The molecule has 0 amide bonds. The van der Waals surface area contributed by atoms with E-state index in [2.05, 4.69) is 123 Å². The standard InChI is InChI=1S/C20H32O3.C18H30O.C15H24.CH4.Y/c1-15(2)9-7-10-16(3)11-8-12-17(4)13-14-19(18(5)21)20(22)23-6;1-15(2)9-6-10-16(3)11-7-12-17(4)13-8-14-18(5)19;1-6-14(4)10-8-12-15(5)11-7-9-13(2)3;;/h9,11,13,19H,7-8,10,12,14H2,1-6H3;9,11H,4,6-8,10,12-14H2,1-3,5H3;6,9,12H,1,4,7-8,10-11H2,2-3,5H3;1H4;/b16-11+,17-13+;16-11+;15-12+;;. The SMILES string of the molecule is C.C=C(CC/C=C(\C)CCC=C(C)C)CCCC(C)=O.C=CC(=C)CC/C=C(\C)CCC=C(C)C.COC(=O)C(C/C=C(\C)CC/C=C(\C)CCC=C(C)C)C(C)=O.[Y]. The Bertz CT molecular complexity index is 1430. The van der Waals surface area contributed by atoms with Crippen molar-refractivity contribution in [1.29, 1.82) is 0 Å². The molecule has 0 N–H and O–H groups in total. The normalized spacial score (nSPS) is 11.7. The van der Waals surface area contributed by atoms with E-state index in [0.29, 0.717) is 12.8 Å². The van der Waals surface area contributed by atoms with Gasteiger partial charge in [0.1, 0.15) is 17.5 Å². The fourth-order valence-corrected chi connectivity index (χ4v) is 5.45. The summed E-state index contributed by atoms with van der Waals surface area (Å²) in [4.78, 5) is 33.8. The fourth-order valence-electron chi connectivity index (χ4n) is 5.45. The summed E-state index contributed by atoms with van der Waals surface area (Å²) in [6.45, 7) is 36.2. The minimum Gasteiger partial charge on any atom is -0.468 e. The Balaban J connectivity index is -0.000000248. The molecule has 0 aliphatic heterocycles. The van der Waals surface area contributed by atoms with Crippen molar-refractivity contribution in [2.24, 2.45) is 5.92 Å². The molecule has 333 valence electrons. The van der Waals surface area contributed by atoms with E-state index >= 15 is 0 Å². The van der Waals surface area contributed by atoms with Crippen molar-refractivity contribution in [2.75, 3.05) is 7.11 Å². The summed E-state index contributed by atoms with van der Waals surface area (Å²) in [6, 6.07) is 0. The third-order valence-corrected chi connectivity index (χ3v) is 9.28. The number of rotatable bonds is 27. The van der Waals surface area contributed by atoms with Crippen LogP contribution in [0.1, 0.15) is 193 Å². The van der Waals surface area contributed by atoms with Gasteiger partial charge in [-0.1, -0.05) is 126 Å². The second-order valence-corrected chi connectivity index (χ2v) is 16.4. The number of carbonyl (C=O) groups excluding carboxylic acids is 3. The number of ketones is 2. The minimum absolute atomic E-state index is 0. The van der Waals surface area contributed by atoms with Crippen LogP contribution in [-0.4, -0.2) is 24.6 Å². The Morgan fingerprint density at radius 2 is 0.864 bits per heavy atom. The third kappa shape index (κ3) is 49.6. The van der Waals surface area contributed by atoms with Crippen molar-refractivity contribution in [3.05, 3.63) is 119 Å².